The fourth-order valence-corrected chi connectivity index (χ4v) is 5.15. The maximum atomic E-state index is 13.8. The van der Waals surface area contributed by atoms with E-state index in [0.29, 0.717) is 24.1 Å². The van der Waals surface area contributed by atoms with Crippen LogP contribution in [0, 0.1) is 0 Å². The number of hydrogen-bond acceptors (Lipinski definition) is 1. The number of carbonyl (C=O) groups is 1. The van der Waals surface area contributed by atoms with Crippen LogP contribution in [0.2, 0.25) is 0 Å². The van der Waals surface area contributed by atoms with Gasteiger partial charge in [-0.3, -0.25) is 4.79 Å². The lowest BCUT2D eigenvalue weighted by Crippen LogP contribution is -2.40. The van der Waals surface area contributed by atoms with Crippen LogP contribution in [0.1, 0.15) is 38.8 Å². The van der Waals surface area contributed by atoms with Crippen LogP contribution in [0.5, 0.6) is 0 Å². The average Bonchev–Trinajstić information content (AvgIpc) is 3.26. The smallest absolute Gasteiger partial charge is 0.356 e. The number of aromatic amines is 1. The maximum Gasteiger partial charge on any atom is 0.416 e. The third-order valence-electron chi connectivity index (χ3n) is 6.85. The van der Waals surface area contributed by atoms with E-state index in [1.54, 1.807) is 4.90 Å². The fraction of sp³-hybridized carbons (Fsp3) is 0.138. The van der Waals surface area contributed by atoms with Crippen molar-refractivity contribution in [2.75, 3.05) is 6.54 Å². The van der Waals surface area contributed by atoms with E-state index in [9.17, 15) is 18.0 Å². The van der Waals surface area contributed by atoms with E-state index in [0.717, 1.165) is 45.1 Å². The van der Waals surface area contributed by atoms with Crippen molar-refractivity contribution in [1.29, 1.82) is 0 Å². The minimum atomic E-state index is -4.42. The van der Waals surface area contributed by atoms with Gasteiger partial charge in [0.25, 0.3) is 5.91 Å². The highest BCUT2D eigenvalue weighted by Gasteiger charge is 2.36. The van der Waals surface area contributed by atoms with Crippen molar-refractivity contribution in [1.82, 2.24) is 9.88 Å². The number of H-pyrrole nitrogens is 1. The first kappa shape index (κ1) is 21.5. The molecule has 1 aromatic heterocycles. The second-order valence-corrected chi connectivity index (χ2v) is 8.90. The Kier molecular flexibility index (Phi) is 4.92. The Hall–Kier alpha value is -4.06. The van der Waals surface area contributed by atoms with E-state index < -0.39 is 17.8 Å². The number of carbonyl (C=O) groups excluding carboxylic acids is 1. The van der Waals surface area contributed by atoms with Gasteiger partial charge in [0.2, 0.25) is 0 Å². The molecule has 1 aliphatic heterocycles. The summed E-state index contributed by atoms with van der Waals surface area (Å²) in [6.07, 6.45) is -3.76. The Labute approximate surface area is 199 Å². The number of fused-ring (bicyclic) bond motifs is 4. The van der Waals surface area contributed by atoms with Crippen LogP contribution >= 0.6 is 0 Å². The van der Waals surface area contributed by atoms with Crippen LogP contribution in [0.15, 0.2) is 91.0 Å². The van der Waals surface area contributed by atoms with Crippen molar-refractivity contribution in [2.45, 2.75) is 18.6 Å². The molecule has 1 aliphatic rings. The van der Waals surface area contributed by atoms with Crippen molar-refractivity contribution in [3.63, 3.8) is 0 Å². The average molecular weight is 470 g/mol. The summed E-state index contributed by atoms with van der Waals surface area (Å²) in [6.45, 7) is 0.464. The van der Waals surface area contributed by atoms with Gasteiger partial charge in [0.15, 0.2) is 0 Å². The summed E-state index contributed by atoms with van der Waals surface area (Å²) in [4.78, 5) is 19.0. The Morgan fingerprint density at radius 2 is 1.57 bits per heavy atom. The molecule has 5 aromatic rings. The highest BCUT2D eigenvalue weighted by atomic mass is 19.4. The molecule has 6 rings (SSSR count). The second-order valence-electron chi connectivity index (χ2n) is 8.90. The maximum absolute atomic E-state index is 13.8. The Morgan fingerprint density at radius 3 is 2.34 bits per heavy atom. The summed E-state index contributed by atoms with van der Waals surface area (Å²) in [5.74, 6) is -0.148. The molecule has 0 aliphatic carbocycles. The molecule has 3 nitrogen and oxygen atoms in total. The third kappa shape index (κ3) is 3.66. The van der Waals surface area contributed by atoms with Crippen LogP contribution in [0.25, 0.3) is 21.7 Å². The number of rotatable bonds is 2. The first-order valence-corrected chi connectivity index (χ1v) is 11.5. The van der Waals surface area contributed by atoms with Gasteiger partial charge in [0, 0.05) is 28.7 Å². The molecule has 0 bridgehead atoms. The van der Waals surface area contributed by atoms with Crippen LogP contribution in [-0.2, 0) is 12.6 Å². The van der Waals surface area contributed by atoms with E-state index in [4.69, 9.17) is 0 Å². The van der Waals surface area contributed by atoms with Crippen LogP contribution in [0.3, 0.4) is 0 Å². The van der Waals surface area contributed by atoms with Gasteiger partial charge in [-0.1, -0.05) is 60.7 Å². The van der Waals surface area contributed by atoms with Crippen LogP contribution < -0.4 is 0 Å². The topological polar surface area (TPSA) is 36.1 Å². The molecule has 0 radical (unpaired) electrons. The molecule has 2 heterocycles. The van der Waals surface area contributed by atoms with E-state index in [-0.39, 0.29) is 5.91 Å². The molecule has 0 fully saturated rings. The molecule has 6 heteroatoms. The zero-order chi connectivity index (χ0) is 24.2. The molecule has 0 spiro atoms. The zero-order valence-corrected chi connectivity index (χ0v) is 18.6. The summed E-state index contributed by atoms with van der Waals surface area (Å²) >= 11 is 0. The van der Waals surface area contributed by atoms with Gasteiger partial charge >= 0.3 is 6.18 Å². The zero-order valence-electron chi connectivity index (χ0n) is 18.6. The van der Waals surface area contributed by atoms with Gasteiger partial charge in [-0.15, -0.1) is 0 Å². The Morgan fingerprint density at radius 1 is 0.857 bits per heavy atom. The molecule has 1 N–H and O–H groups in total. The number of nitrogens with zero attached hydrogens (tertiary/aromatic N) is 1. The molecule has 1 atom stereocenters. The van der Waals surface area contributed by atoms with Gasteiger partial charge in [-0.25, -0.2) is 0 Å². The molecule has 1 amide bonds. The van der Waals surface area contributed by atoms with Gasteiger partial charge in [-0.2, -0.15) is 13.2 Å². The number of benzene rings is 4. The first-order chi connectivity index (χ1) is 16.9. The lowest BCUT2D eigenvalue weighted by atomic mass is 9.91. The van der Waals surface area contributed by atoms with Gasteiger partial charge in [0.05, 0.1) is 11.6 Å². The number of hydrogen-bond donors (Lipinski definition) is 1. The lowest BCUT2D eigenvalue weighted by Gasteiger charge is -2.36. The number of aromatic nitrogens is 1. The first-order valence-electron chi connectivity index (χ1n) is 11.5. The van der Waals surface area contributed by atoms with Crippen LogP contribution in [-0.4, -0.2) is 22.3 Å². The predicted molar refractivity (Wildman–Crippen MR) is 130 cm³/mol. The monoisotopic (exact) mass is 470 g/mol. The molecular weight excluding hydrogens is 449 g/mol. The molecule has 174 valence electrons. The molecular formula is C29H21F3N2O. The fourth-order valence-electron chi connectivity index (χ4n) is 5.15. The van der Waals surface area contributed by atoms with E-state index in [2.05, 4.69) is 4.98 Å². The third-order valence-corrected chi connectivity index (χ3v) is 6.85. The number of para-hydroxylation sites is 1. The van der Waals surface area contributed by atoms with E-state index >= 15 is 0 Å². The van der Waals surface area contributed by atoms with Gasteiger partial charge < -0.3 is 9.88 Å². The minimum Gasteiger partial charge on any atom is -0.356 e. The normalized spacial score (nSPS) is 16.0. The van der Waals surface area contributed by atoms with Crippen molar-refractivity contribution < 1.29 is 18.0 Å². The number of halogens is 3. The summed E-state index contributed by atoms with van der Waals surface area (Å²) in [5, 5.41) is 3.09. The highest BCUT2D eigenvalue weighted by molar-refractivity contribution is 5.99. The van der Waals surface area contributed by atoms with Crippen molar-refractivity contribution >= 4 is 27.6 Å². The molecule has 1 unspecified atom stereocenters. The molecule has 35 heavy (non-hydrogen) atoms. The number of nitrogens with one attached hydrogen (secondary N) is 1. The van der Waals surface area contributed by atoms with Crippen molar-refractivity contribution in [2.24, 2.45) is 0 Å². The molecule has 0 saturated heterocycles. The van der Waals surface area contributed by atoms with E-state index in [1.165, 1.54) is 12.1 Å². The summed E-state index contributed by atoms with van der Waals surface area (Å²) in [6, 6.07) is 26.0. The summed E-state index contributed by atoms with van der Waals surface area (Å²) in [5.41, 5.74) is 3.40. The van der Waals surface area contributed by atoms with E-state index in [1.807, 2.05) is 66.7 Å². The quantitative estimate of drug-likeness (QED) is 0.293. The number of alkyl halides is 3. The largest absolute Gasteiger partial charge is 0.416 e. The summed E-state index contributed by atoms with van der Waals surface area (Å²) in [7, 11) is 0. The minimum absolute atomic E-state index is 0.148. The summed E-state index contributed by atoms with van der Waals surface area (Å²) < 4.78 is 39.7. The van der Waals surface area contributed by atoms with Crippen LogP contribution in [0.4, 0.5) is 13.2 Å². The Balaban J connectivity index is 1.47. The lowest BCUT2D eigenvalue weighted by molar-refractivity contribution is -0.137. The van der Waals surface area contributed by atoms with Crippen molar-refractivity contribution in [3.8, 4) is 0 Å². The molecule has 4 aromatic carbocycles. The standard InChI is InChI=1S/C29H21F3N2O/c30-29(31,32)22-13-11-19(12-14-22)27-26-24(23-7-3-4-8-25(23)33-26)15-16-34(27)28(35)21-10-9-18-5-1-2-6-20(18)17-21/h1-14,17,27,33H,15-16H2. The Bertz CT molecular complexity index is 1570. The SMILES string of the molecule is O=C(c1ccc2ccccc2c1)N1CCc2c([nH]c3ccccc23)C1c1ccc(C(F)(F)F)cc1. The van der Waals surface area contributed by atoms with Gasteiger partial charge in [0.1, 0.15) is 0 Å². The molecule has 0 saturated carbocycles. The predicted octanol–water partition coefficient (Wildman–Crippen LogP) is 7.13. The second kappa shape index (κ2) is 8.01. The number of amides is 1. The highest BCUT2D eigenvalue weighted by Crippen LogP contribution is 2.40. The van der Waals surface area contributed by atoms with Gasteiger partial charge in [-0.05, 0) is 58.7 Å². The van der Waals surface area contributed by atoms with Crippen molar-refractivity contribution in [3.05, 3.63) is 119 Å².